The number of aliphatic hydroxyl groups excluding tert-OH is 1. The summed E-state index contributed by atoms with van der Waals surface area (Å²) in [6, 6.07) is 4.12. The lowest BCUT2D eigenvalue weighted by Crippen LogP contribution is -2.37. The van der Waals surface area contributed by atoms with Gasteiger partial charge in [-0.15, -0.1) is 0 Å². The number of nitrogens with zero attached hydrogens (tertiary/aromatic N) is 2. The molecule has 0 saturated carbocycles. The number of rotatable bonds is 3. The summed E-state index contributed by atoms with van der Waals surface area (Å²) in [6.07, 6.45) is 3.00. The highest BCUT2D eigenvalue weighted by Gasteiger charge is 2.28. The largest absolute Gasteiger partial charge is 0.392 e. The van der Waals surface area contributed by atoms with Gasteiger partial charge in [0.15, 0.2) is 0 Å². The van der Waals surface area contributed by atoms with Gasteiger partial charge in [0.2, 0.25) is 0 Å². The highest BCUT2D eigenvalue weighted by Crippen LogP contribution is 2.23. The normalized spacial score (nSPS) is 24.7. The molecule has 1 fully saturated rings. The molecule has 2 rings (SSSR count). The number of aromatic nitrogens is 1. The second-order valence-electron chi connectivity index (χ2n) is 4.22. The Balaban J connectivity index is 2.16. The molecule has 1 aromatic rings. The minimum atomic E-state index is 0.0556. The van der Waals surface area contributed by atoms with Gasteiger partial charge in [-0.25, -0.2) is 4.98 Å². The molecule has 0 bridgehead atoms. The lowest BCUT2D eigenvalue weighted by atomic mass is 10.1. The van der Waals surface area contributed by atoms with Gasteiger partial charge >= 0.3 is 0 Å². The van der Waals surface area contributed by atoms with E-state index in [0.717, 1.165) is 24.4 Å². The monoisotopic (exact) mass is 222 g/mol. The Bertz CT molecular complexity index is 357. The zero-order valence-electron chi connectivity index (χ0n) is 9.76. The van der Waals surface area contributed by atoms with Crippen molar-refractivity contribution < 1.29 is 9.84 Å². The maximum Gasteiger partial charge on any atom is 0.128 e. The Morgan fingerprint density at radius 3 is 3.06 bits per heavy atom. The van der Waals surface area contributed by atoms with E-state index in [-0.39, 0.29) is 12.7 Å². The zero-order valence-corrected chi connectivity index (χ0v) is 9.76. The summed E-state index contributed by atoms with van der Waals surface area (Å²) in [5.74, 6) is 0.897. The first kappa shape index (κ1) is 11.4. The van der Waals surface area contributed by atoms with Crippen LogP contribution in [-0.2, 0) is 11.3 Å². The van der Waals surface area contributed by atoms with Crippen molar-refractivity contribution in [1.29, 1.82) is 0 Å². The molecular formula is C12H18N2O2. The van der Waals surface area contributed by atoms with E-state index in [9.17, 15) is 0 Å². The first-order chi connectivity index (χ1) is 7.72. The number of hydrogen-bond donors (Lipinski definition) is 1. The Morgan fingerprint density at radius 2 is 2.44 bits per heavy atom. The Hall–Kier alpha value is -1.13. The molecule has 0 aliphatic carbocycles. The molecule has 2 heterocycles. The molecular weight excluding hydrogens is 204 g/mol. The highest BCUT2D eigenvalue weighted by molar-refractivity contribution is 5.41. The Kier molecular flexibility index (Phi) is 3.41. The highest BCUT2D eigenvalue weighted by atomic mass is 16.5. The summed E-state index contributed by atoms with van der Waals surface area (Å²) >= 11 is 0. The molecule has 0 spiro atoms. The van der Waals surface area contributed by atoms with Crippen LogP contribution in [0.25, 0.3) is 0 Å². The van der Waals surface area contributed by atoms with Crippen molar-refractivity contribution in [2.45, 2.75) is 32.1 Å². The van der Waals surface area contributed by atoms with Crippen LogP contribution < -0.4 is 4.90 Å². The van der Waals surface area contributed by atoms with Crippen LogP contribution in [0.4, 0.5) is 5.82 Å². The summed E-state index contributed by atoms with van der Waals surface area (Å²) in [5, 5.41) is 9.09. The fourth-order valence-electron chi connectivity index (χ4n) is 2.15. The predicted molar refractivity (Wildman–Crippen MR) is 62.4 cm³/mol. The molecule has 88 valence electrons. The standard InChI is InChI=1S/C12H18N2O2/c1-9-11(4-6-16-9)14(2)12-7-10(8-15)3-5-13-12/h3,5,7,9,11,15H,4,6,8H2,1-2H3. The molecule has 4 heteroatoms. The minimum absolute atomic E-state index is 0.0556. The van der Waals surface area contributed by atoms with Gasteiger partial charge in [0.05, 0.1) is 18.8 Å². The van der Waals surface area contributed by atoms with Gasteiger partial charge in [-0.3, -0.25) is 0 Å². The van der Waals surface area contributed by atoms with Crippen molar-refractivity contribution in [3.05, 3.63) is 23.9 Å². The average molecular weight is 222 g/mol. The smallest absolute Gasteiger partial charge is 0.128 e. The lowest BCUT2D eigenvalue weighted by molar-refractivity contribution is 0.118. The maximum atomic E-state index is 9.09. The minimum Gasteiger partial charge on any atom is -0.392 e. The molecule has 0 aromatic carbocycles. The number of likely N-dealkylation sites (N-methyl/N-ethyl adjacent to an activating group) is 1. The second-order valence-corrected chi connectivity index (χ2v) is 4.22. The van der Waals surface area contributed by atoms with E-state index >= 15 is 0 Å². The molecule has 16 heavy (non-hydrogen) atoms. The predicted octanol–water partition coefficient (Wildman–Crippen LogP) is 1.19. The van der Waals surface area contributed by atoms with Gasteiger partial charge < -0.3 is 14.7 Å². The molecule has 1 N–H and O–H groups in total. The average Bonchev–Trinajstić information content (AvgIpc) is 2.74. The van der Waals surface area contributed by atoms with Crippen LogP contribution in [0.5, 0.6) is 0 Å². The van der Waals surface area contributed by atoms with E-state index in [1.165, 1.54) is 0 Å². The molecule has 2 unspecified atom stereocenters. The number of ether oxygens (including phenoxy) is 1. The zero-order chi connectivity index (χ0) is 11.5. The van der Waals surface area contributed by atoms with E-state index in [1.54, 1.807) is 6.20 Å². The van der Waals surface area contributed by atoms with Gasteiger partial charge in [-0.2, -0.15) is 0 Å². The van der Waals surface area contributed by atoms with Crippen LogP contribution in [-0.4, -0.2) is 35.9 Å². The summed E-state index contributed by atoms with van der Waals surface area (Å²) < 4.78 is 5.55. The number of pyridine rings is 1. The Labute approximate surface area is 95.9 Å². The van der Waals surface area contributed by atoms with E-state index in [4.69, 9.17) is 9.84 Å². The van der Waals surface area contributed by atoms with E-state index in [0.29, 0.717) is 6.04 Å². The summed E-state index contributed by atoms with van der Waals surface area (Å²) in [7, 11) is 2.03. The molecule has 1 aliphatic heterocycles. The topological polar surface area (TPSA) is 45.6 Å². The van der Waals surface area contributed by atoms with E-state index in [2.05, 4.69) is 16.8 Å². The van der Waals surface area contributed by atoms with Crippen molar-refractivity contribution in [1.82, 2.24) is 4.98 Å². The van der Waals surface area contributed by atoms with Gasteiger partial charge in [0, 0.05) is 19.9 Å². The third kappa shape index (κ3) is 2.18. The van der Waals surface area contributed by atoms with E-state index in [1.807, 2.05) is 19.2 Å². The number of aliphatic hydroxyl groups is 1. The number of hydrogen-bond acceptors (Lipinski definition) is 4. The molecule has 1 aliphatic rings. The Morgan fingerprint density at radius 1 is 1.62 bits per heavy atom. The van der Waals surface area contributed by atoms with Crippen molar-refractivity contribution in [2.24, 2.45) is 0 Å². The molecule has 2 atom stereocenters. The van der Waals surface area contributed by atoms with Gasteiger partial charge in [0.1, 0.15) is 5.82 Å². The SMILES string of the molecule is CC1OCCC1N(C)c1cc(CO)ccn1. The van der Waals surface area contributed by atoms with E-state index < -0.39 is 0 Å². The van der Waals surface area contributed by atoms with Crippen LogP contribution in [0.1, 0.15) is 18.9 Å². The van der Waals surface area contributed by atoms with Gasteiger partial charge in [-0.1, -0.05) is 0 Å². The first-order valence-electron chi connectivity index (χ1n) is 5.62. The van der Waals surface area contributed by atoms with Crippen LogP contribution in [0.3, 0.4) is 0 Å². The second kappa shape index (κ2) is 4.80. The van der Waals surface area contributed by atoms with Crippen LogP contribution in [0, 0.1) is 0 Å². The fraction of sp³-hybridized carbons (Fsp3) is 0.583. The summed E-state index contributed by atoms with van der Waals surface area (Å²) in [6.45, 7) is 2.96. The fourth-order valence-corrected chi connectivity index (χ4v) is 2.15. The molecule has 0 amide bonds. The third-order valence-electron chi connectivity index (χ3n) is 3.19. The summed E-state index contributed by atoms with van der Waals surface area (Å²) in [4.78, 5) is 6.46. The van der Waals surface area contributed by atoms with Gasteiger partial charge in [0.25, 0.3) is 0 Å². The number of anilines is 1. The third-order valence-corrected chi connectivity index (χ3v) is 3.19. The molecule has 0 radical (unpaired) electrons. The van der Waals surface area contributed by atoms with Crippen molar-refractivity contribution in [2.75, 3.05) is 18.6 Å². The van der Waals surface area contributed by atoms with Crippen molar-refractivity contribution >= 4 is 5.82 Å². The molecule has 4 nitrogen and oxygen atoms in total. The van der Waals surface area contributed by atoms with Crippen LogP contribution in [0.15, 0.2) is 18.3 Å². The van der Waals surface area contributed by atoms with Crippen LogP contribution >= 0.6 is 0 Å². The van der Waals surface area contributed by atoms with Crippen molar-refractivity contribution in [3.8, 4) is 0 Å². The molecule has 1 aromatic heterocycles. The molecule has 1 saturated heterocycles. The first-order valence-corrected chi connectivity index (χ1v) is 5.62. The summed E-state index contributed by atoms with van der Waals surface area (Å²) in [5.41, 5.74) is 0.892. The quantitative estimate of drug-likeness (QED) is 0.834. The maximum absolute atomic E-state index is 9.09. The van der Waals surface area contributed by atoms with Crippen LogP contribution in [0.2, 0.25) is 0 Å². The van der Waals surface area contributed by atoms with Crippen molar-refractivity contribution in [3.63, 3.8) is 0 Å². The van der Waals surface area contributed by atoms with Gasteiger partial charge in [-0.05, 0) is 31.0 Å². The lowest BCUT2D eigenvalue weighted by Gasteiger charge is -2.27.